The van der Waals surface area contributed by atoms with Crippen molar-refractivity contribution >= 4 is 11.6 Å². The van der Waals surface area contributed by atoms with Crippen molar-refractivity contribution in [3.05, 3.63) is 39.4 Å². The summed E-state index contributed by atoms with van der Waals surface area (Å²) in [7, 11) is 0. The van der Waals surface area contributed by atoms with Crippen molar-refractivity contribution in [2.75, 3.05) is 6.54 Å². The highest BCUT2D eigenvalue weighted by Crippen LogP contribution is 2.26. The van der Waals surface area contributed by atoms with Crippen LogP contribution in [0.4, 0.5) is 14.5 Å². The molecule has 1 heterocycles. The van der Waals surface area contributed by atoms with Crippen LogP contribution in [-0.4, -0.2) is 28.3 Å². The van der Waals surface area contributed by atoms with Gasteiger partial charge >= 0.3 is 5.69 Å². The van der Waals surface area contributed by atoms with E-state index in [1.807, 2.05) is 6.92 Å². The Labute approximate surface area is 114 Å². The summed E-state index contributed by atoms with van der Waals surface area (Å²) in [5.41, 5.74) is -1.42. The molecule has 0 bridgehead atoms. The Kier molecular flexibility index (Phi) is 3.96. The number of hydrogen-bond acceptors (Lipinski definition) is 3. The molecule has 108 valence electrons. The average Bonchev–Trinajstić information content (AvgIpc) is 2.88. The van der Waals surface area contributed by atoms with Crippen molar-refractivity contribution in [2.24, 2.45) is 0 Å². The first-order valence-corrected chi connectivity index (χ1v) is 6.40. The second kappa shape index (κ2) is 5.52. The standard InChI is InChI=1S/C13H14F2N2O3/c1-2-8-4-3-5-16(8)13(18)9-6-11(15)12(17(19)20)7-10(9)14/h6-8H,2-5H2,1H3. The van der Waals surface area contributed by atoms with Gasteiger partial charge in [0, 0.05) is 12.6 Å². The van der Waals surface area contributed by atoms with Crippen molar-refractivity contribution in [1.82, 2.24) is 4.90 Å². The average molecular weight is 284 g/mol. The van der Waals surface area contributed by atoms with Crippen molar-refractivity contribution in [3.8, 4) is 0 Å². The molecule has 5 nitrogen and oxygen atoms in total. The second-order valence-electron chi connectivity index (χ2n) is 4.74. The Morgan fingerprint density at radius 3 is 2.75 bits per heavy atom. The molecule has 1 atom stereocenters. The van der Waals surface area contributed by atoms with E-state index in [0.717, 1.165) is 19.3 Å². The molecule has 1 saturated heterocycles. The molecule has 1 aliphatic rings. The molecule has 0 saturated carbocycles. The fourth-order valence-corrected chi connectivity index (χ4v) is 2.52. The lowest BCUT2D eigenvalue weighted by Gasteiger charge is -2.23. The predicted molar refractivity (Wildman–Crippen MR) is 67.4 cm³/mol. The molecule has 0 aliphatic carbocycles. The van der Waals surface area contributed by atoms with E-state index < -0.39 is 33.7 Å². The number of nitro benzene ring substituents is 1. The van der Waals surface area contributed by atoms with Crippen LogP contribution in [0.2, 0.25) is 0 Å². The van der Waals surface area contributed by atoms with Crippen LogP contribution in [0.25, 0.3) is 0 Å². The third-order valence-corrected chi connectivity index (χ3v) is 3.57. The molecule has 0 spiro atoms. The zero-order chi connectivity index (χ0) is 14.9. The summed E-state index contributed by atoms with van der Waals surface area (Å²) in [5.74, 6) is -2.88. The molecule has 1 amide bonds. The fourth-order valence-electron chi connectivity index (χ4n) is 2.52. The van der Waals surface area contributed by atoms with E-state index in [4.69, 9.17) is 0 Å². The molecule has 0 aromatic heterocycles. The highest BCUT2D eigenvalue weighted by Gasteiger charge is 2.31. The van der Waals surface area contributed by atoms with Gasteiger partial charge in [-0.3, -0.25) is 14.9 Å². The van der Waals surface area contributed by atoms with Gasteiger partial charge in [0.2, 0.25) is 5.82 Å². The number of nitro groups is 1. The monoisotopic (exact) mass is 284 g/mol. The first-order chi connectivity index (χ1) is 9.45. The number of nitrogens with zero attached hydrogens (tertiary/aromatic N) is 2. The van der Waals surface area contributed by atoms with Crippen LogP contribution in [0.5, 0.6) is 0 Å². The van der Waals surface area contributed by atoms with Crippen LogP contribution in [-0.2, 0) is 0 Å². The van der Waals surface area contributed by atoms with E-state index in [0.29, 0.717) is 18.7 Å². The summed E-state index contributed by atoms with van der Waals surface area (Å²) < 4.78 is 27.3. The molecule has 1 aromatic carbocycles. The van der Waals surface area contributed by atoms with Crippen molar-refractivity contribution in [1.29, 1.82) is 0 Å². The molecule has 0 N–H and O–H groups in total. The Hall–Kier alpha value is -2.05. The third-order valence-electron chi connectivity index (χ3n) is 3.57. The van der Waals surface area contributed by atoms with Gasteiger partial charge in [0.15, 0.2) is 0 Å². The van der Waals surface area contributed by atoms with Crippen molar-refractivity contribution in [2.45, 2.75) is 32.2 Å². The van der Waals surface area contributed by atoms with Crippen LogP contribution in [0, 0.1) is 21.7 Å². The zero-order valence-corrected chi connectivity index (χ0v) is 10.9. The first-order valence-electron chi connectivity index (χ1n) is 6.40. The zero-order valence-electron chi connectivity index (χ0n) is 10.9. The number of carbonyl (C=O) groups excluding carboxylic acids is 1. The quantitative estimate of drug-likeness (QED) is 0.633. The SMILES string of the molecule is CCC1CCCN1C(=O)c1cc(F)c([N+](=O)[O-])cc1F. The highest BCUT2D eigenvalue weighted by molar-refractivity contribution is 5.95. The fraction of sp³-hybridized carbons (Fsp3) is 0.462. The number of rotatable bonds is 3. The minimum atomic E-state index is -1.20. The molecule has 1 fully saturated rings. The summed E-state index contributed by atoms with van der Waals surface area (Å²) in [4.78, 5) is 23.2. The second-order valence-corrected chi connectivity index (χ2v) is 4.74. The maximum atomic E-state index is 13.8. The van der Waals surface area contributed by atoms with Gasteiger partial charge in [0.25, 0.3) is 5.91 Å². The topological polar surface area (TPSA) is 63.5 Å². The number of likely N-dealkylation sites (tertiary alicyclic amines) is 1. The molecule has 0 radical (unpaired) electrons. The lowest BCUT2D eigenvalue weighted by Crippen LogP contribution is -2.35. The number of amides is 1. The normalized spacial score (nSPS) is 18.4. The van der Waals surface area contributed by atoms with Crippen LogP contribution in [0.3, 0.4) is 0 Å². The first kappa shape index (κ1) is 14.4. The van der Waals surface area contributed by atoms with Crippen LogP contribution >= 0.6 is 0 Å². The molecular weight excluding hydrogens is 270 g/mol. The van der Waals surface area contributed by atoms with Crippen molar-refractivity contribution < 1.29 is 18.5 Å². The largest absolute Gasteiger partial charge is 0.336 e. The van der Waals surface area contributed by atoms with E-state index in [1.54, 1.807) is 0 Å². The van der Waals surface area contributed by atoms with Gasteiger partial charge in [-0.1, -0.05) is 6.92 Å². The number of carbonyl (C=O) groups is 1. The Morgan fingerprint density at radius 1 is 1.45 bits per heavy atom. The van der Waals surface area contributed by atoms with Gasteiger partial charge in [0.05, 0.1) is 16.6 Å². The van der Waals surface area contributed by atoms with Gasteiger partial charge in [-0.15, -0.1) is 0 Å². The summed E-state index contributed by atoms with van der Waals surface area (Å²) in [6.07, 6.45) is 2.39. The van der Waals surface area contributed by atoms with E-state index >= 15 is 0 Å². The van der Waals surface area contributed by atoms with Gasteiger partial charge in [-0.25, -0.2) is 4.39 Å². The van der Waals surface area contributed by atoms with Gasteiger partial charge < -0.3 is 4.90 Å². The maximum Gasteiger partial charge on any atom is 0.307 e. The van der Waals surface area contributed by atoms with Gasteiger partial charge in [-0.05, 0) is 25.3 Å². The lowest BCUT2D eigenvalue weighted by atomic mass is 10.1. The van der Waals surface area contributed by atoms with Crippen LogP contribution in [0.15, 0.2) is 12.1 Å². The Bertz CT molecular complexity index is 563. The van der Waals surface area contributed by atoms with E-state index in [1.165, 1.54) is 4.90 Å². The number of hydrogen-bond donors (Lipinski definition) is 0. The van der Waals surface area contributed by atoms with E-state index in [9.17, 15) is 23.7 Å². The molecule has 2 rings (SSSR count). The maximum absolute atomic E-state index is 13.8. The molecule has 1 aromatic rings. The molecule has 20 heavy (non-hydrogen) atoms. The summed E-state index contributed by atoms with van der Waals surface area (Å²) in [6.45, 7) is 2.42. The van der Waals surface area contributed by atoms with E-state index in [-0.39, 0.29) is 6.04 Å². The van der Waals surface area contributed by atoms with Crippen LogP contribution < -0.4 is 0 Å². The smallest absolute Gasteiger partial charge is 0.307 e. The van der Waals surface area contributed by atoms with Gasteiger partial charge in [-0.2, -0.15) is 4.39 Å². The van der Waals surface area contributed by atoms with Crippen LogP contribution in [0.1, 0.15) is 36.5 Å². The summed E-state index contributed by atoms with van der Waals surface area (Å²) in [5, 5.41) is 10.5. The molecule has 7 heteroatoms. The minimum absolute atomic E-state index is 0.0140. The van der Waals surface area contributed by atoms with E-state index in [2.05, 4.69) is 0 Å². The molecule has 1 aliphatic heterocycles. The minimum Gasteiger partial charge on any atom is -0.336 e. The Morgan fingerprint density at radius 2 is 2.15 bits per heavy atom. The number of benzene rings is 1. The van der Waals surface area contributed by atoms with Crippen molar-refractivity contribution in [3.63, 3.8) is 0 Å². The summed E-state index contributed by atoms with van der Waals surface area (Å²) in [6, 6.07) is 1.08. The van der Waals surface area contributed by atoms with Gasteiger partial charge in [0.1, 0.15) is 5.82 Å². The lowest BCUT2D eigenvalue weighted by molar-refractivity contribution is -0.387. The molecular formula is C13H14F2N2O3. The summed E-state index contributed by atoms with van der Waals surface area (Å²) >= 11 is 0. The highest BCUT2D eigenvalue weighted by atomic mass is 19.1. The Balaban J connectivity index is 2.35. The molecule has 1 unspecified atom stereocenters. The third kappa shape index (κ3) is 2.48. The number of halogens is 2. The predicted octanol–water partition coefficient (Wildman–Crippen LogP) is 2.89.